The zero-order chi connectivity index (χ0) is 12.3. The number of Topliss-reactive ketones (excluding diaryl/α,β-unsaturated/α-hetero) is 1. The van der Waals surface area contributed by atoms with Crippen molar-refractivity contribution < 1.29 is 4.79 Å². The summed E-state index contributed by atoms with van der Waals surface area (Å²) in [6.45, 7) is 0. The fraction of sp³-hybridized carbons (Fsp3) is 0.429. The molecule has 1 heterocycles. The van der Waals surface area contributed by atoms with E-state index in [1.165, 1.54) is 5.56 Å². The van der Waals surface area contributed by atoms with Crippen LogP contribution in [0.5, 0.6) is 0 Å². The van der Waals surface area contributed by atoms with E-state index in [-0.39, 0.29) is 11.7 Å². The van der Waals surface area contributed by atoms with Crippen molar-refractivity contribution in [1.82, 2.24) is 4.98 Å². The van der Waals surface area contributed by atoms with Gasteiger partial charge in [0, 0.05) is 12.6 Å². The molecule has 2 atom stereocenters. The largest absolute Gasteiger partial charge is 0.321 e. The Hall–Kier alpha value is -1.66. The molecule has 2 rings (SSSR count). The van der Waals surface area contributed by atoms with E-state index in [9.17, 15) is 4.79 Å². The number of ketones is 1. The van der Waals surface area contributed by atoms with Crippen LogP contribution < -0.4 is 5.73 Å². The van der Waals surface area contributed by atoms with Crippen LogP contribution in [-0.2, 0) is 11.2 Å². The van der Waals surface area contributed by atoms with Crippen LogP contribution in [0.2, 0.25) is 0 Å². The Bertz CT molecular complexity index is 462. The number of nitrogens with two attached hydrogens (primary N) is 1. The Morgan fingerprint density at radius 2 is 2.53 bits per heavy atom. The minimum atomic E-state index is -0.557. The van der Waals surface area contributed by atoms with Crippen molar-refractivity contribution in [2.45, 2.75) is 37.6 Å². The lowest BCUT2D eigenvalue weighted by molar-refractivity contribution is -0.122. The van der Waals surface area contributed by atoms with Crippen LogP contribution in [0, 0.1) is 12.3 Å². The number of hydrogen-bond donors (Lipinski definition) is 1. The molecule has 1 aliphatic rings. The minimum Gasteiger partial charge on any atom is -0.321 e. The lowest BCUT2D eigenvalue weighted by atomic mass is 9.81. The summed E-state index contributed by atoms with van der Waals surface area (Å²) < 4.78 is 0. The maximum Gasteiger partial charge on any atom is 0.159 e. The summed E-state index contributed by atoms with van der Waals surface area (Å²) in [7, 11) is 0. The molecule has 1 aliphatic carbocycles. The van der Waals surface area contributed by atoms with Crippen molar-refractivity contribution in [2.75, 3.05) is 0 Å². The topological polar surface area (TPSA) is 56.0 Å². The molecule has 3 heteroatoms. The van der Waals surface area contributed by atoms with Gasteiger partial charge in [-0.15, -0.1) is 12.3 Å². The second kappa shape index (κ2) is 5.11. The van der Waals surface area contributed by atoms with Gasteiger partial charge in [-0.3, -0.25) is 9.78 Å². The highest BCUT2D eigenvalue weighted by Crippen LogP contribution is 2.31. The predicted octanol–water partition coefficient (Wildman–Crippen LogP) is 1.42. The van der Waals surface area contributed by atoms with Crippen LogP contribution in [0.4, 0.5) is 0 Å². The first-order valence-electron chi connectivity index (χ1n) is 5.90. The van der Waals surface area contributed by atoms with Crippen molar-refractivity contribution in [3.63, 3.8) is 0 Å². The van der Waals surface area contributed by atoms with E-state index in [1.807, 2.05) is 12.1 Å². The zero-order valence-corrected chi connectivity index (χ0v) is 9.73. The molecule has 2 N–H and O–H groups in total. The Morgan fingerprint density at radius 3 is 3.29 bits per heavy atom. The number of nitrogens with zero attached hydrogens (tertiary/aromatic N) is 1. The van der Waals surface area contributed by atoms with Gasteiger partial charge in [0.25, 0.3) is 0 Å². The highest BCUT2D eigenvalue weighted by Gasteiger charge is 2.30. The van der Waals surface area contributed by atoms with E-state index < -0.39 is 6.04 Å². The molecule has 0 spiro atoms. The summed E-state index contributed by atoms with van der Waals surface area (Å²) in [5.74, 6) is 2.31. The molecule has 0 radical (unpaired) electrons. The minimum absolute atomic E-state index is 0.0302. The third-order valence-electron chi connectivity index (χ3n) is 3.24. The number of terminal acetylenes is 1. The van der Waals surface area contributed by atoms with Gasteiger partial charge in [0.2, 0.25) is 0 Å². The molecule has 3 nitrogen and oxygen atoms in total. The van der Waals surface area contributed by atoms with E-state index in [0.717, 1.165) is 25.0 Å². The van der Waals surface area contributed by atoms with E-state index >= 15 is 0 Å². The maximum atomic E-state index is 12.2. The average Bonchev–Trinajstić information content (AvgIpc) is 2.37. The molecule has 0 saturated heterocycles. The second-order valence-corrected chi connectivity index (χ2v) is 4.41. The van der Waals surface area contributed by atoms with Crippen molar-refractivity contribution in [3.05, 3.63) is 29.6 Å². The van der Waals surface area contributed by atoms with Gasteiger partial charge in [0.15, 0.2) is 5.78 Å². The molecule has 2 unspecified atom stereocenters. The smallest absolute Gasteiger partial charge is 0.159 e. The molecular weight excluding hydrogens is 212 g/mol. The first-order chi connectivity index (χ1) is 8.24. The van der Waals surface area contributed by atoms with Crippen molar-refractivity contribution in [2.24, 2.45) is 5.73 Å². The van der Waals surface area contributed by atoms with E-state index in [2.05, 4.69) is 10.9 Å². The SMILES string of the molecule is C#CCC(N)C(=O)C1CCCc2cccnc21. The lowest BCUT2D eigenvalue weighted by Crippen LogP contribution is -2.36. The maximum absolute atomic E-state index is 12.2. The fourth-order valence-corrected chi connectivity index (χ4v) is 2.37. The highest BCUT2D eigenvalue weighted by atomic mass is 16.1. The number of aromatic nitrogens is 1. The van der Waals surface area contributed by atoms with Crippen LogP contribution in [0.15, 0.2) is 18.3 Å². The summed E-state index contributed by atoms with van der Waals surface area (Å²) in [6, 6.07) is 3.39. The number of carbonyl (C=O) groups excluding carboxylic acids is 1. The summed E-state index contributed by atoms with van der Waals surface area (Å²) >= 11 is 0. The van der Waals surface area contributed by atoms with Gasteiger partial charge in [-0.05, 0) is 30.9 Å². The van der Waals surface area contributed by atoms with Crippen LogP contribution in [0.3, 0.4) is 0 Å². The molecule has 0 saturated carbocycles. The van der Waals surface area contributed by atoms with Gasteiger partial charge in [-0.25, -0.2) is 0 Å². The van der Waals surface area contributed by atoms with Crippen LogP contribution in [0.1, 0.15) is 36.4 Å². The van der Waals surface area contributed by atoms with Crippen LogP contribution in [-0.4, -0.2) is 16.8 Å². The molecule has 0 aliphatic heterocycles. The van der Waals surface area contributed by atoms with Crippen LogP contribution in [0.25, 0.3) is 0 Å². The number of rotatable bonds is 3. The first kappa shape index (κ1) is 11.8. The van der Waals surface area contributed by atoms with Gasteiger partial charge >= 0.3 is 0 Å². The van der Waals surface area contributed by atoms with E-state index in [0.29, 0.717) is 6.42 Å². The molecule has 88 valence electrons. The van der Waals surface area contributed by atoms with E-state index in [1.54, 1.807) is 6.20 Å². The van der Waals surface area contributed by atoms with Crippen molar-refractivity contribution in [1.29, 1.82) is 0 Å². The number of aryl methyl sites for hydroxylation is 1. The molecule has 1 aromatic heterocycles. The number of hydrogen-bond acceptors (Lipinski definition) is 3. The summed E-state index contributed by atoms with van der Waals surface area (Å²) in [5.41, 5.74) is 7.87. The zero-order valence-electron chi connectivity index (χ0n) is 9.73. The Kier molecular flexibility index (Phi) is 3.55. The predicted molar refractivity (Wildman–Crippen MR) is 66.3 cm³/mol. The Labute approximate surface area is 101 Å². The lowest BCUT2D eigenvalue weighted by Gasteiger charge is -2.24. The van der Waals surface area contributed by atoms with Crippen molar-refractivity contribution >= 4 is 5.78 Å². The molecule has 0 aromatic carbocycles. The monoisotopic (exact) mass is 228 g/mol. The second-order valence-electron chi connectivity index (χ2n) is 4.41. The number of fused-ring (bicyclic) bond motifs is 1. The first-order valence-corrected chi connectivity index (χ1v) is 5.90. The number of pyridine rings is 1. The third kappa shape index (κ3) is 2.37. The van der Waals surface area contributed by atoms with Gasteiger partial charge in [-0.2, -0.15) is 0 Å². The Balaban J connectivity index is 2.24. The molecule has 0 fully saturated rings. The quantitative estimate of drug-likeness (QED) is 0.796. The summed E-state index contributed by atoms with van der Waals surface area (Å²) in [4.78, 5) is 16.5. The standard InChI is InChI=1S/C14H16N2O/c1-2-5-12(15)14(17)11-8-3-6-10-7-4-9-16-13(10)11/h1,4,7,9,11-12H,3,5-6,8,15H2. The molecule has 0 bridgehead atoms. The molecule has 0 amide bonds. The molecular formula is C14H16N2O. The van der Waals surface area contributed by atoms with Crippen molar-refractivity contribution in [3.8, 4) is 12.3 Å². The third-order valence-corrected chi connectivity index (χ3v) is 3.24. The molecule has 17 heavy (non-hydrogen) atoms. The summed E-state index contributed by atoms with van der Waals surface area (Å²) in [5, 5.41) is 0. The summed E-state index contributed by atoms with van der Waals surface area (Å²) in [6.07, 6.45) is 10.1. The highest BCUT2D eigenvalue weighted by molar-refractivity contribution is 5.90. The Morgan fingerprint density at radius 1 is 1.71 bits per heavy atom. The fourth-order valence-electron chi connectivity index (χ4n) is 2.37. The van der Waals surface area contributed by atoms with Crippen LogP contribution >= 0.6 is 0 Å². The normalized spacial score (nSPS) is 20.1. The van der Waals surface area contributed by atoms with Gasteiger partial charge in [-0.1, -0.05) is 6.07 Å². The number of carbonyl (C=O) groups is 1. The van der Waals surface area contributed by atoms with Gasteiger partial charge in [0.1, 0.15) is 0 Å². The molecule has 1 aromatic rings. The van der Waals surface area contributed by atoms with Gasteiger partial charge < -0.3 is 5.73 Å². The average molecular weight is 228 g/mol. The van der Waals surface area contributed by atoms with E-state index in [4.69, 9.17) is 12.2 Å². The van der Waals surface area contributed by atoms with Gasteiger partial charge in [0.05, 0.1) is 17.7 Å².